The summed E-state index contributed by atoms with van der Waals surface area (Å²) in [6, 6.07) is 1.15. The van der Waals surface area contributed by atoms with E-state index in [0.29, 0.717) is 31.7 Å². The van der Waals surface area contributed by atoms with Crippen LogP contribution in [0.4, 0.5) is 4.79 Å². The lowest BCUT2D eigenvalue weighted by Gasteiger charge is -2.33. The van der Waals surface area contributed by atoms with E-state index in [1.807, 2.05) is 0 Å². The first-order valence-corrected chi connectivity index (χ1v) is 9.82. The molecule has 1 saturated carbocycles. The van der Waals surface area contributed by atoms with Crippen LogP contribution in [0.1, 0.15) is 25.7 Å². The fourth-order valence-electron chi connectivity index (χ4n) is 3.57. The van der Waals surface area contributed by atoms with Gasteiger partial charge >= 0.3 is 6.03 Å². The number of imide groups is 1. The highest BCUT2D eigenvalue weighted by Crippen LogP contribution is 2.31. The summed E-state index contributed by atoms with van der Waals surface area (Å²) in [4.78, 5) is 39.5. The van der Waals surface area contributed by atoms with Crippen molar-refractivity contribution in [2.45, 2.75) is 37.8 Å². The van der Waals surface area contributed by atoms with Gasteiger partial charge in [-0.25, -0.2) is 4.79 Å². The number of pyridine rings is 1. The molecule has 27 heavy (non-hydrogen) atoms. The van der Waals surface area contributed by atoms with Crippen LogP contribution in [-0.4, -0.2) is 65.3 Å². The van der Waals surface area contributed by atoms with E-state index in [4.69, 9.17) is 9.47 Å². The lowest BCUT2D eigenvalue weighted by molar-refractivity contribution is -0.127. The number of amides is 3. The first-order chi connectivity index (χ1) is 12.9. The second-order valence-electron chi connectivity index (χ2n) is 6.94. The summed E-state index contributed by atoms with van der Waals surface area (Å²) in [6.45, 7) is 0.963. The molecule has 0 unspecified atom stereocenters. The van der Waals surface area contributed by atoms with Crippen LogP contribution in [-0.2, 0) is 16.6 Å². The van der Waals surface area contributed by atoms with E-state index in [1.165, 1.54) is 20.4 Å². The average molecular weight is 442 g/mol. The van der Waals surface area contributed by atoms with E-state index in [-0.39, 0.29) is 36.2 Å². The Morgan fingerprint density at radius 3 is 2.56 bits per heavy atom. The van der Waals surface area contributed by atoms with Gasteiger partial charge in [-0.05, 0) is 41.6 Å². The molecule has 148 valence electrons. The fourth-order valence-corrected chi connectivity index (χ4v) is 4.09. The Labute approximate surface area is 166 Å². The van der Waals surface area contributed by atoms with Gasteiger partial charge in [0.05, 0.1) is 17.2 Å². The van der Waals surface area contributed by atoms with Gasteiger partial charge < -0.3 is 18.9 Å². The standard InChI is InChI=1S/C18H24BrN3O5/c1-20-10-14(19)15(9-16(20)23)27-13-5-3-12(4-6-13)22-17(24)11-21(18(22)25)7-8-26-2/h9-10,12-13H,3-8,11H2,1-2H3/t12-,13-. The Morgan fingerprint density at radius 1 is 1.19 bits per heavy atom. The SMILES string of the molecule is COCCN1CC(=O)N([C@H]2CC[C@H](Oc3cc(=O)n(C)cc3Br)CC2)C1=O. The van der Waals surface area contributed by atoms with Crippen LogP contribution in [0.5, 0.6) is 5.75 Å². The van der Waals surface area contributed by atoms with Gasteiger partial charge in [0.25, 0.3) is 11.5 Å². The number of carbonyl (C=O) groups is 2. The van der Waals surface area contributed by atoms with Crippen LogP contribution in [0.2, 0.25) is 0 Å². The predicted octanol–water partition coefficient (Wildman–Crippen LogP) is 1.75. The van der Waals surface area contributed by atoms with Crippen molar-refractivity contribution >= 4 is 27.9 Å². The van der Waals surface area contributed by atoms with E-state index < -0.39 is 0 Å². The second kappa shape index (κ2) is 8.43. The minimum Gasteiger partial charge on any atom is -0.489 e. The molecule has 0 N–H and O–H groups in total. The molecule has 1 aromatic heterocycles. The van der Waals surface area contributed by atoms with E-state index in [0.717, 1.165) is 17.3 Å². The number of hydrogen-bond acceptors (Lipinski definition) is 5. The van der Waals surface area contributed by atoms with Gasteiger partial charge in [-0.3, -0.25) is 14.5 Å². The summed E-state index contributed by atoms with van der Waals surface area (Å²) in [5.74, 6) is 0.385. The van der Waals surface area contributed by atoms with Gasteiger partial charge in [-0.1, -0.05) is 0 Å². The Balaban J connectivity index is 1.58. The summed E-state index contributed by atoms with van der Waals surface area (Å²) in [6.07, 6.45) is 4.48. The number of nitrogens with zero attached hydrogens (tertiary/aromatic N) is 3. The van der Waals surface area contributed by atoms with Crippen molar-refractivity contribution < 1.29 is 19.1 Å². The maximum atomic E-state index is 12.5. The number of urea groups is 1. The lowest BCUT2D eigenvalue weighted by Crippen LogP contribution is -2.44. The number of methoxy groups -OCH3 is 1. The van der Waals surface area contributed by atoms with Crippen LogP contribution in [0, 0.1) is 0 Å². The lowest BCUT2D eigenvalue weighted by atomic mass is 9.92. The van der Waals surface area contributed by atoms with Gasteiger partial charge in [0, 0.05) is 39.0 Å². The third-order valence-corrected chi connectivity index (χ3v) is 5.68. The van der Waals surface area contributed by atoms with Crippen molar-refractivity contribution in [3.63, 3.8) is 0 Å². The van der Waals surface area contributed by atoms with Crippen molar-refractivity contribution in [3.8, 4) is 5.75 Å². The zero-order valence-electron chi connectivity index (χ0n) is 15.5. The third kappa shape index (κ3) is 4.35. The van der Waals surface area contributed by atoms with Crippen LogP contribution in [0.25, 0.3) is 0 Å². The molecular formula is C18H24BrN3O5. The molecule has 1 aromatic rings. The summed E-state index contributed by atoms with van der Waals surface area (Å²) >= 11 is 3.42. The minimum absolute atomic E-state index is 0.0398. The van der Waals surface area contributed by atoms with Gasteiger partial charge in [0.1, 0.15) is 12.3 Å². The van der Waals surface area contributed by atoms with Crippen molar-refractivity contribution in [2.75, 3.05) is 26.8 Å². The van der Waals surface area contributed by atoms with E-state index in [1.54, 1.807) is 20.4 Å². The zero-order chi connectivity index (χ0) is 19.6. The van der Waals surface area contributed by atoms with Crippen LogP contribution in [0.3, 0.4) is 0 Å². The smallest absolute Gasteiger partial charge is 0.327 e. The van der Waals surface area contributed by atoms with Crippen molar-refractivity contribution in [2.24, 2.45) is 7.05 Å². The fraction of sp³-hybridized carbons (Fsp3) is 0.611. The van der Waals surface area contributed by atoms with Gasteiger partial charge in [0.15, 0.2) is 0 Å². The first-order valence-electron chi connectivity index (χ1n) is 9.03. The molecule has 0 radical (unpaired) electrons. The minimum atomic E-state index is -0.226. The molecule has 0 aromatic carbocycles. The number of rotatable bonds is 6. The largest absolute Gasteiger partial charge is 0.489 e. The number of halogens is 1. The summed E-state index contributed by atoms with van der Waals surface area (Å²) in [5.41, 5.74) is -0.133. The second-order valence-corrected chi connectivity index (χ2v) is 7.80. The molecule has 8 nitrogen and oxygen atoms in total. The topological polar surface area (TPSA) is 81.1 Å². The molecule has 3 rings (SSSR count). The first kappa shape index (κ1) is 19.9. The number of aryl methyl sites for hydroxylation is 1. The number of aromatic nitrogens is 1. The summed E-state index contributed by atoms with van der Waals surface area (Å²) < 4.78 is 13.2. The van der Waals surface area contributed by atoms with E-state index >= 15 is 0 Å². The van der Waals surface area contributed by atoms with Crippen molar-refractivity contribution in [1.82, 2.24) is 14.4 Å². The Hall–Kier alpha value is -1.87. The maximum absolute atomic E-state index is 12.5. The molecule has 1 saturated heterocycles. The summed E-state index contributed by atoms with van der Waals surface area (Å²) in [5, 5.41) is 0. The van der Waals surface area contributed by atoms with Crippen molar-refractivity contribution in [3.05, 3.63) is 27.1 Å². The third-order valence-electron chi connectivity index (χ3n) is 5.08. The molecule has 9 heteroatoms. The van der Waals surface area contributed by atoms with Crippen LogP contribution >= 0.6 is 15.9 Å². The Kier molecular flexibility index (Phi) is 6.21. The van der Waals surface area contributed by atoms with Crippen LogP contribution in [0.15, 0.2) is 21.5 Å². The molecule has 1 aliphatic heterocycles. The molecule has 1 aliphatic carbocycles. The number of hydrogen-bond donors (Lipinski definition) is 0. The molecule has 0 atom stereocenters. The van der Waals surface area contributed by atoms with E-state index in [2.05, 4.69) is 15.9 Å². The quantitative estimate of drug-likeness (QED) is 0.628. The zero-order valence-corrected chi connectivity index (χ0v) is 17.1. The molecule has 0 spiro atoms. The van der Waals surface area contributed by atoms with Gasteiger partial charge in [-0.15, -0.1) is 0 Å². The Morgan fingerprint density at radius 2 is 1.89 bits per heavy atom. The van der Waals surface area contributed by atoms with E-state index in [9.17, 15) is 14.4 Å². The van der Waals surface area contributed by atoms with Crippen molar-refractivity contribution in [1.29, 1.82) is 0 Å². The Bertz CT molecular complexity index is 773. The highest BCUT2D eigenvalue weighted by atomic mass is 79.9. The molecule has 3 amide bonds. The highest BCUT2D eigenvalue weighted by Gasteiger charge is 2.41. The number of carbonyl (C=O) groups excluding carboxylic acids is 2. The van der Waals surface area contributed by atoms with Gasteiger partial charge in [0.2, 0.25) is 0 Å². The molecule has 2 fully saturated rings. The average Bonchev–Trinajstić information content (AvgIpc) is 2.92. The predicted molar refractivity (Wildman–Crippen MR) is 102 cm³/mol. The maximum Gasteiger partial charge on any atom is 0.327 e. The summed E-state index contributed by atoms with van der Waals surface area (Å²) in [7, 11) is 3.25. The normalized spacial score (nSPS) is 23.2. The molecular weight excluding hydrogens is 418 g/mol. The number of ether oxygens (including phenoxy) is 2. The van der Waals surface area contributed by atoms with Crippen LogP contribution < -0.4 is 10.3 Å². The van der Waals surface area contributed by atoms with Gasteiger partial charge in [-0.2, -0.15) is 0 Å². The molecule has 0 bridgehead atoms. The monoisotopic (exact) mass is 441 g/mol. The molecule has 2 aliphatic rings. The molecule has 2 heterocycles. The highest BCUT2D eigenvalue weighted by molar-refractivity contribution is 9.10.